The van der Waals surface area contributed by atoms with Crippen LogP contribution in [0.1, 0.15) is 37.8 Å². The van der Waals surface area contributed by atoms with Crippen LogP contribution in [0, 0.1) is 6.92 Å². The third-order valence-corrected chi connectivity index (χ3v) is 3.79. The monoisotopic (exact) mass is 289 g/mol. The minimum Gasteiger partial charge on any atom is -0.353 e. The molecular formula is C18H27NO2. The van der Waals surface area contributed by atoms with Crippen LogP contribution in [0.2, 0.25) is 0 Å². The summed E-state index contributed by atoms with van der Waals surface area (Å²) in [5.41, 5.74) is 4.07. The van der Waals surface area contributed by atoms with Gasteiger partial charge >= 0.3 is 0 Å². The average molecular weight is 289 g/mol. The van der Waals surface area contributed by atoms with Gasteiger partial charge in [-0.2, -0.15) is 0 Å². The van der Waals surface area contributed by atoms with E-state index in [9.17, 15) is 0 Å². The van der Waals surface area contributed by atoms with E-state index in [1.54, 1.807) is 0 Å². The lowest BCUT2D eigenvalue weighted by Gasteiger charge is -2.28. The smallest absolute Gasteiger partial charge is 0.159 e. The molecule has 0 bridgehead atoms. The van der Waals surface area contributed by atoms with Crippen molar-refractivity contribution in [1.82, 2.24) is 5.32 Å². The molecule has 1 aromatic rings. The molecule has 1 aliphatic rings. The number of ether oxygens (including phenoxy) is 2. The van der Waals surface area contributed by atoms with Crippen molar-refractivity contribution in [2.75, 3.05) is 19.8 Å². The van der Waals surface area contributed by atoms with Crippen LogP contribution in [0.5, 0.6) is 0 Å². The Morgan fingerprint density at radius 1 is 1.24 bits per heavy atom. The van der Waals surface area contributed by atoms with Crippen molar-refractivity contribution in [2.45, 2.75) is 45.9 Å². The predicted molar refractivity (Wildman–Crippen MR) is 87.2 cm³/mol. The maximum Gasteiger partial charge on any atom is 0.159 e. The normalized spacial score (nSPS) is 18.9. The Kier molecular flexibility index (Phi) is 6.43. The van der Waals surface area contributed by atoms with Gasteiger partial charge in [0.15, 0.2) is 6.29 Å². The van der Waals surface area contributed by atoms with Crippen LogP contribution in [0.25, 0.3) is 5.57 Å². The molecule has 0 saturated heterocycles. The van der Waals surface area contributed by atoms with E-state index in [0.717, 1.165) is 19.4 Å². The van der Waals surface area contributed by atoms with Gasteiger partial charge in [-0.05, 0) is 38.3 Å². The molecule has 2 rings (SSSR count). The van der Waals surface area contributed by atoms with Crippen molar-refractivity contribution in [1.29, 1.82) is 0 Å². The highest BCUT2D eigenvalue weighted by atomic mass is 16.7. The fraction of sp³-hybridized carbons (Fsp3) is 0.556. The molecule has 3 heteroatoms. The fourth-order valence-electron chi connectivity index (χ4n) is 2.81. The summed E-state index contributed by atoms with van der Waals surface area (Å²) in [4.78, 5) is 0. The van der Waals surface area contributed by atoms with E-state index < -0.39 is 0 Å². The second-order valence-electron chi connectivity index (χ2n) is 5.48. The Bertz CT molecular complexity index is 464. The zero-order valence-electron chi connectivity index (χ0n) is 13.4. The molecule has 116 valence electrons. The van der Waals surface area contributed by atoms with Crippen molar-refractivity contribution in [3.63, 3.8) is 0 Å². The van der Waals surface area contributed by atoms with Crippen LogP contribution in [0.4, 0.5) is 0 Å². The van der Waals surface area contributed by atoms with E-state index in [4.69, 9.17) is 9.47 Å². The molecule has 0 amide bonds. The van der Waals surface area contributed by atoms with Crippen LogP contribution in [0.15, 0.2) is 30.3 Å². The molecule has 3 nitrogen and oxygen atoms in total. The maximum atomic E-state index is 5.66. The number of aryl methyl sites for hydroxylation is 1. The Morgan fingerprint density at radius 2 is 2.00 bits per heavy atom. The molecule has 1 aliphatic heterocycles. The highest BCUT2D eigenvalue weighted by Gasteiger charge is 2.21. The summed E-state index contributed by atoms with van der Waals surface area (Å²) >= 11 is 0. The van der Waals surface area contributed by atoms with Crippen LogP contribution in [-0.4, -0.2) is 32.1 Å². The van der Waals surface area contributed by atoms with Gasteiger partial charge in [-0.1, -0.05) is 35.9 Å². The third kappa shape index (κ3) is 4.95. The van der Waals surface area contributed by atoms with E-state index in [2.05, 4.69) is 42.6 Å². The molecule has 1 atom stereocenters. The molecular weight excluding hydrogens is 262 g/mol. The van der Waals surface area contributed by atoms with Crippen LogP contribution >= 0.6 is 0 Å². The van der Waals surface area contributed by atoms with E-state index >= 15 is 0 Å². The first-order valence-corrected chi connectivity index (χ1v) is 7.95. The molecule has 0 spiro atoms. The average Bonchev–Trinajstić information content (AvgIpc) is 2.48. The zero-order valence-corrected chi connectivity index (χ0v) is 13.4. The summed E-state index contributed by atoms with van der Waals surface area (Å²) in [6, 6.07) is 9.14. The number of hydrogen-bond acceptors (Lipinski definition) is 3. The van der Waals surface area contributed by atoms with Crippen molar-refractivity contribution >= 4 is 5.57 Å². The van der Waals surface area contributed by atoms with Gasteiger partial charge in [0.25, 0.3) is 0 Å². The molecule has 1 unspecified atom stereocenters. The van der Waals surface area contributed by atoms with E-state index in [1.165, 1.54) is 16.7 Å². The number of hydrogen-bond donors (Lipinski definition) is 1. The lowest BCUT2D eigenvalue weighted by atomic mass is 9.93. The lowest BCUT2D eigenvalue weighted by molar-refractivity contribution is -0.142. The predicted octanol–water partition coefficient (Wildman–Crippen LogP) is 3.53. The largest absolute Gasteiger partial charge is 0.353 e. The van der Waals surface area contributed by atoms with Crippen molar-refractivity contribution in [3.8, 4) is 0 Å². The summed E-state index contributed by atoms with van der Waals surface area (Å²) in [5.74, 6) is 0. The number of nitrogens with one attached hydrogen (secondary N) is 1. The zero-order chi connectivity index (χ0) is 15.1. The molecule has 1 N–H and O–H groups in total. The molecule has 0 fully saturated rings. The van der Waals surface area contributed by atoms with Crippen LogP contribution in [0.3, 0.4) is 0 Å². The minimum absolute atomic E-state index is 0.102. The SMILES string of the molecule is CCOC(CC1CC(c2cccc(C)c2)=CCN1)OCC. The van der Waals surface area contributed by atoms with Gasteiger partial charge in [-0.3, -0.25) is 0 Å². The highest BCUT2D eigenvalue weighted by Crippen LogP contribution is 2.25. The first kappa shape index (κ1) is 16.2. The second kappa shape index (κ2) is 8.32. The van der Waals surface area contributed by atoms with Gasteiger partial charge in [0.1, 0.15) is 0 Å². The van der Waals surface area contributed by atoms with Gasteiger partial charge < -0.3 is 14.8 Å². The van der Waals surface area contributed by atoms with E-state index in [-0.39, 0.29) is 6.29 Å². The molecule has 0 saturated carbocycles. The number of benzene rings is 1. The quantitative estimate of drug-likeness (QED) is 0.779. The Balaban J connectivity index is 1.98. The van der Waals surface area contributed by atoms with E-state index in [0.29, 0.717) is 19.3 Å². The molecule has 0 radical (unpaired) electrons. The molecule has 0 aromatic heterocycles. The third-order valence-electron chi connectivity index (χ3n) is 3.79. The molecule has 21 heavy (non-hydrogen) atoms. The summed E-state index contributed by atoms with van der Waals surface area (Å²) in [7, 11) is 0. The topological polar surface area (TPSA) is 30.5 Å². The Hall–Kier alpha value is -1.16. The van der Waals surface area contributed by atoms with Gasteiger partial charge in [-0.25, -0.2) is 0 Å². The van der Waals surface area contributed by atoms with Crippen molar-refractivity contribution in [2.24, 2.45) is 0 Å². The van der Waals surface area contributed by atoms with E-state index in [1.807, 2.05) is 13.8 Å². The van der Waals surface area contributed by atoms with Crippen LogP contribution < -0.4 is 5.32 Å². The lowest BCUT2D eigenvalue weighted by Crippen LogP contribution is -2.37. The molecule has 0 aliphatic carbocycles. The van der Waals surface area contributed by atoms with Gasteiger partial charge in [0.05, 0.1) is 0 Å². The van der Waals surface area contributed by atoms with Crippen LogP contribution in [-0.2, 0) is 9.47 Å². The minimum atomic E-state index is -0.102. The first-order valence-electron chi connectivity index (χ1n) is 7.95. The molecule has 1 heterocycles. The van der Waals surface area contributed by atoms with Gasteiger partial charge in [-0.15, -0.1) is 0 Å². The summed E-state index contributed by atoms with van der Waals surface area (Å²) in [5, 5.41) is 3.54. The second-order valence-corrected chi connectivity index (χ2v) is 5.48. The summed E-state index contributed by atoms with van der Waals surface area (Å²) in [6.45, 7) is 8.47. The standard InChI is InChI=1S/C18H27NO2/c1-4-20-18(21-5-2)13-17-12-16(9-10-19-17)15-8-6-7-14(3)11-15/h6-9,11,17-19H,4-5,10,12-13H2,1-3H3. The van der Waals surface area contributed by atoms with Crippen molar-refractivity contribution < 1.29 is 9.47 Å². The maximum absolute atomic E-state index is 5.66. The van der Waals surface area contributed by atoms with Gasteiger partial charge in [0.2, 0.25) is 0 Å². The summed E-state index contributed by atoms with van der Waals surface area (Å²) in [6.07, 6.45) is 4.11. The molecule has 1 aromatic carbocycles. The van der Waals surface area contributed by atoms with Gasteiger partial charge in [0, 0.05) is 32.2 Å². The Labute approximate surface area is 128 Å². The van der Waals surface area contributed by atoms with Crippen molar-refractivity contribution in [3.05, 3.63) is 41.5 Å². The first-order chi connectivity index (χ1) is 10.2. The fourth-order valence-corrected chi connectivity index (χ4v) is 2.81. The summed E-state index contributed by atoms with van der Waals surface area (Å²) < 4.78 is 11.3. The highest BCUT2D eigenvalue weighted by molar-refractivity contribution is 5.67. The number of rotatable bonds is 7. The Morgan fingerprint density at radius 3 is 2.67 bits per heavy atom.